The van der Waals surface area contributed by atoms with Gasteiger partial charge in [-0.2, -0.15) is 0 Å². The van der Waals surface area contributed by atoms with Crippen LogP contribution in [0.1, 0.15) is 5.56 Å². The average Bonchev–Trinajstić information content (AvgIpc) is 2.35. The van der Waals surface area contributed by atoms with E-state index in [0.717, 1.165) is 10.0 Å². The van der Waals surface area contributed by atoms with Crippen LogP contribution < -0.4 is 5.32 Å². The van der Waals surface area contributed by atoms with Gasteiger partial charge in [-0.15, -0.1) is 0 Å². The summed E-state index contributed by atoms with van der Waals surface area (Å²) < 4.78 is 5.43. The first-order chi connectivity index (χ1) is 8.13. The Bertz CT molecular complexity index is 426. The Hall–Kier alpha value is -1.55. The molecule has 0 saturated carbocycles. The molecule has 1 rings (SSSR count). The third kappa shape index (κ3) is 4.87. The molecule has 17 heavy (non-hydrogen) atoms. The number of carbonyl (C=O) groups excluding carboxylic acids is 1. The van der Waals surface area contributed by atoms with Gasteiger partial charge in [-0.3, -0.25) is 0 Å². The summed E-state index contributed by atoms with van der Waals surface area (Å²) in [6.07, 6.45) is 1.42. The highest BCUT2D eigenvalue weighted by Crippen LogP contribution is 2.12. The van der Waals surface area contributed by atoms with Crippen LogP contribution in [0.3, 0.4) is 0 Å². The van der Waals surface area contributed by atoms with Crippen molar-refractivity contribution in [2.45, 2.75) is 0 Å². The van der Waals surface area contributed by atoms with E-state index in [0.29, 0.717) is 12.2 Å². The molecule has 0 aliphatic carbocycles. The SMILES string of the molecule is C=C(Br)CN/C(=C/C(=O)OC)c1ccccc1. The molecular formula is C13H14BrNO2. The van der Waals surface area contributed by atoms with Crippen LogP contribution >= 0.6 is 15.9 Å². The number of hydrogen-bond donors (Lipinski definition) is 1. The minimum absolute atomic E-state index is 0.392. The second kappa shape index (κ2) is 6.91. The normalized spacial score (nSPS) is 10.8. The zero-order chi connectivity index (χ0) is 12.7. The molecule has 0 unspecified atom stereocenters. The topological polar surface area (TPSA) is 38.3 Å². The van der Waals surface area contributed by atoms with Gasteiger partial charge in [-0.25, -0.2) is 4.79 Å². The van der Waals surface area contributed by atoms with E-state index in [1.54, 1.807) is 0 Å². The molecule has 1 N–H and O–H groups in total. The van der Waals surface area contributed by atoms with Gasteiger partial charge in [0, 0.05) is 22.8 Å². The molecule has 0 aliphatic rings. The molecule has 0 aliphatic heterocycles. The fraction of sp³-hybridized carbons (Fsp3) is 0.154. The highest BCUT2D eigenvalue weighted by molar-refractivity contribution is 9.11. The maximum absolute atomic E-state index is 11.3. The summed E-state index contributed by atoms with van der Waals surface area (Å²) in [5.74, 6) is -0.392. The number of methoxy groups -OCH3 is 1. The van der Waals surface area contributed by atoms with Crippen molar-refractivity contribution < 1.29 is 9.53 Å². The number of carbonyl (C=O) groups is 1. The van der Waals surface area contributed by atoms with Crippen molar-refractivity contribution in [3.05, 3.63) is 53.0 Å². The van der Waals surface area contributed by atoms with Crippen LogP contribution in [0.15, 0.2) is 47.5 Å². The van der Waals surface area contributed by atoms with E-state index in [4.69, 9.17) is 0 Å². The Labute approximate surface area is 109 Å². The van der Waals surface area contributed by atoms with Crippen molar-refractivity contribution in [1.29, 1.82) is 0 Å². The Balaban J connectivity index is 2.90. The van der Waals surface area contributed by atoms with E-state index in [-0.39, 0.29) is 0 Å². The molecule has 0 heterocycles. The van der Waals surface area contributed by atoms with Gasteiger partial charge >= 0.3 is 5.97 Å². The van der Waals surface area contributed by atoms with Crippen molar-refractivity contribution in [3.63, 3.8) is 0 Å². The first-order valence-electron chi connectivity index (χ1n) is 5.05. The minimum atomic E-state index is -0.392. The molecule has 3 nitrogen and oxygen atoms in total. The first-order valence-corrected chi connectivity index (χ1v) is 5.85. The van der Waals surface area contributed by atoms with Crippen LogP contribution in [-0.2, 0) is 9.53 Å². The largest absolute Gasteiger partial charge is 0.466 e. The molecule has 0 saturated heterocycles. The molecular weight excluding hydrogens is 282 g/mol. The van der Waals surface area contributed by atoms with E-state index in [1.165, 1.54) is 13.2 Å². The van der Waals surface area contributed by atoms with Crippen LogP contribution in [0, 0.1) is 0 Å². The van der Waals surface area contributed by atoms with Crippen LogP contribution in [0.4, 0.5) is 0 Å². The highest BCUT2D eigenvalue weighted by Gasteiger charge is 2.04. The summed E-state index contributed by atoms with van der Waals surface area (Å²) in [6.45, 7) is 4.27. The Morgan fingerprint density at radius 1 is 1.47 bits per heavy atom. The van der Waals surface area contributed by atoms with Gasteiger partial charge in [0.05, 0.1) is 7.11 Å². The van der Waals surface area contributed by atoms with Gasteiger partial charge in [0.1, 0.15) is 0 Å². The predicted octanol–water partition coefficient (Wildman–Crippen LogP) is 2.70. The molecule has 4 heteroatoms. The van der Waals surface area contributed by atoms with Gasteiger partial charge in [-0.05, 0) is 5.56 Å². The molecule has 0 bridgehead atoms. The van der Waals surface area contributed by atoms with Crippen molar-refractivity contribution >= 4 is 27.6 Å². The number of ether oxygens (including phenoxy) is 1. The average molecular weight is 296 g/mol. The number of esters is 1. The lowest BCUT2D eigenvalue weighted by atomic mass is 10.1. The minimum Gasteiger partial charge on any atom is -0.466 e. The maximum Gasteiger partial charge on any atom is 0.332 e. The fourth-order valence-corrected chi connectivity index (χ4v) is 1.36. The molecule has 90 valence electrons. The Kier molecular flexibility index (Phi) is 5.49. The third-order valence-corrected chi connectivity index (χ3v) is 2.30. The monoisotopic (exact) mass is 295 g/mol. The molecule has 1 aromatic carbocycles. The summed E-state index contributed by atoms with van der Waals surface area (Å²) in [5, 5.41) is 3.11. The van der Waals surface area contributed by atoms with Crippen molar-refractivity contribution in [3.8, 4) is 0 Å². The number of hydrogen-bond acceptors (Lipinski definition) is 3. The van der Waals surface area contributed by atoms with Gasteiger partial charge in [0.15, 0.2) is 0 Å². The van der Waals surface area contributed by atoms with Crippen LogP contribution in [0.2, 0.25) is 0 Å². The Morgan fingerprint density at radius 3 is 2.65 bits per heavy atom. The lowest BCUT2D eigenvalue weighted by Gasteiger charge is -2.10. The first kappa shape index (κ1) is 13.5. The third-order valence-electron chi connectivity index (χ3n) is 2.02. The second-order valence-corrected chi connectivity index (χ2v) is 4.44. The Morgan fingerprint density at radius 2 is 2.12 bits per heavy atom. The fourth-order valence-electron chi connectivity index (χ4n) is 1.22. The lowest BCUT2D eigenvalue weighted by Crippen LogP contribution is -2.15. The molecule has 0 aromatic heterocycles. The predicted molar refractivity (Wildman–Crippen MR) is 72.5 cm³/mol. The number of benzene rings is 1. The van der Waals surface area contributed by atoms with E-state index in [9.17, 15) is 4.79 Å². The smallest absolute Gasteiger partial charge is 0.332 e. The van der Waals surface area contributed by atoms with Crippen molar-refractivity contribution in [2.24, 2.45) is 0 Å². The molecule has 0 amide bonds. The lowest BCUT2D eigenvalue weighted by molar-refractivity contribution is -0.134. The second-order valence-electron chi connectivity index (χ2n) is 3.32. The van der Waals surface area contributed by atoms with Crippen LogP contribution in [0.25, 0.3) is 5.70 Å². The summed E-state index contributed by atoms with van der Waals surface area (Å²) in [7, 11) is 1.35. The quantitative estimate of drug-likeness (QED) is 0.670. The number of halogens is 1. The summed E-state index contributed by atoms with van der Waals surface area (Å²) in [4.78, 5) is 11.3. The van der Waals surface area contributed by atoms with E-state index < -0.39 is 5.97 Å². The summed E-state index contributed by atoms with van der Waals surface area (Å²) >= 11 is 3.26. The van der Waals surface area contributed by atoms with Crippen LogP contribution in [0.5, 0.6) is 0 Å². The zero-order valence-electron chi connectivity index (χ0n) is 9.57. The molecule has 0 fully saturated rings. The number of rotatable bonds is 5. The van der Waals surface area contributed by atoms with Crippen LogP contribution in [-0.4, -0.2) is 19.6 Å². The van der Waals surface area contributed by atoms with E-state index in [2.05, 4.69) is 32.6 Å². The maximum atomic E-state index is 11.3. The van der Waals surface area contributed by atoms with Gasteiger partial charge in [0.2, 0.25) is 0 Å². The molecule has 0 atom stereocenters. The van der Waals surface area contributed by atoms with Crippen molar-refractivity contribution in [2.75, 3.05) is 13.7 Å². The molecule has 1 aromatic rings. The van der Waals surface area contributed by atoms with E-state index >= 15 is 0 Å². The molecule has 0 spiro atoms. The summed E-state index contributed by atoms with van der Waals surface area (Å²) in [6, 6.07) is 9.57. The van der Waals surface area contributed by atoms with Gasteiger partial charge in [-0.1, -0.05) is 52.8 Å². The molecule has 0 radical (unpaired) electrons. The summed E-state index contributed by atoms with van der Waals surface area (Å²) in [5.41, 5.74) is 1.63. The van der Waals surface area contributed by atoms with Gasteiger partial charge < -0.3 is 10.1 Å². The van der Waals surface area contributed by atoms with E-state index in [1.807, 2.05) is 30.3 Å². The van der Waals surface area contributed by atoms with Crippen molar-refractivity contribution in [1.82, 2.24) is 5.32 Å². The number of nitrogens with one attached hydrogen (secondary N) is 1. The standard InChI is InChI=1S/C13H14BrNO2/c1-10(14)9-15-12(8-13(16)17-2)11-6-4-3-5-7-11/h3-8,15H,1,9H2,2H3/b12-8+. The zero-order valence-corrected chi connectivity index (χ0v) is 11.2. The highest BCUT2D eigenvalue weighted by atomic mass is 79.9. The van der Waals surface area contributed by atoms with Gasteiger partial charge in [0.25, 0.3) is 0 Å².